The summed E-state index contributed by atoms with van der Waals surface area (Å²) in [4.78, 5) is 19.0. The van der Waals surface area contributed by atoms with Crippen molar-refractivity contribution in [3.05, 3.63) is 29.3 Å². The molecule has 132 valence electrons. The van der Waals surface area contributed by atoms with Crippen LogP contribution in [0.4, 0.5) is 5.69 Å². The molecule has 2 fully saturated rings. The normalized spacial score (nSPS) is 23.2. The highest BCUT2D eigenvalue weighted by Gasteiger charge is 2.29. The van der Waals surface area contributed by atoms with E-state index in [1.54, 1.807) is 0 Å². The fourth-order valence-corrected chi connectivity index (χ4v) is 4.09. The number of hydrogen-bond donors (Lipinski definition) is 0. The third-order valence-corrected chi connectivity index (χ3v) is 5.57. The van der Waals surface area contributed by atoms with Gasteiger partial charge in [0.25, 0.3) is 0 Å². The first-order valence-electron chi connectivity index (χ1n) is 9.06. The predicted octanol–water partition coefficient (Wildman–Crippen LogP) is 3.11. The van der Waals surface area contributed by atoms with Gasteiger partial charge < -0.3 is 9.80 Å². The van der Waals surface area contributed by atoms with E-state index in [-0.39, 0.29) is 0 Å². The largest absolute Gasteiger partial charge is 0.368 e. The van der Waals surface area contributed by atoms with Gasteiger partial charge in [-0.3, -0.25) is 9.69 Å². The third kappa shape index (κ3) is 4.04. The van der Waals surface area contributed by atoms with Crippen LogP contribution in [0, 0.1) is 5.92 Å². The molecule has 1 unspecified atom stereocenters. The molecule has 24 heavy (non-hydrogen) atoms. The van der Waals surface area contributed by atoms with Crippen molar-refractivity contribution in [3.63, 3.8) is 0 Å². The van der Waals surface area contributed by atoms with E-state index in [0.29, 0.717) is 24.3 Å². The predicted molar refractivity (Wildman–Crippen MR) is 99.7 cm³/mol. The highest BCUT2D eigenvalue weighted by molar-refractivity contribution is 6.33. The van der Waals surface area contributed by atoms with Crippen LogP contribution in [0.5, 0.6) is 0 Å². The van der Waals surface area contributed by atoms with Crippen molar-refractivity contribution in [1.82, 2.24) is 9.80 Å². The van der Waals surface area contributed by atoms with Crippen LogP contribution in [0.25, 0.3) is 0 Å². The first-order chi connectivity index (χ1) is 11.5. The van der Waals surface area contributed by atoms with Crippen molar-refractivity contribution >= 4 is 23.2 Å². The number of carbonyl (C=O) groups is 1. The molecule has 0 spiro atoms. The third-order valence-electron chi connectivity index (χ3n) is 5.25. The summed E-state index contributed by atoms with van der Waals surface area (Å²) in [5, 5.41) is 0.837. The second kappa shape index (κ2) is 7.75. The van der Waals surface area contributed by atoms with Crippen molar-refractivity contribution in [2.75, 3.05) is 44.2 Å². The summed E-state index contributed by atoms with van der Waals surface area (Å²) in [7, 11) is 0. The number of anilines is 1. The lowest BCUT2D eigenvalue weighted by molar-refractivity contribution is -0.136. The van der Waals surface area contributed by atoms with Crippen molar-refractivity contribution in [1.29, 1.82) is 0 Å². The number of likely N-dealkylation sites (tertiary alicyclic amines) is 1. The van der Waals surface area contributed by atoms with Gasteiger partial charge in [0, 0.05) is 51.7 Å². The van der Waals surface area contributed by atoms with Gasteiger partial charge in [-0.1, -0.05) is 23.7 Å². The average molecular weight is 350 g/mol. The molecule has 4 nitrogen and oxygen atoms in total. The molecule has 2 aliphatic rings. The topological polar surface area (TPSA) is 26.8 Å². The minimum atomic E-state index is 0.317. The highest BCUT2D eigenvalue weighted by atomic mass is 35.5. The second-order valence-corrected chi connectivity index (χ2v) is 7.69. The molecule has 1 atom stereocenters. The summed E-state index contributed by atoms with van der Waals surface area (Å²) in [6, 6.07) is 8.41. The summed E-state index contributed by atoms with van der Waals surface area (Å²) >= 11 is 6.32. The number of halogens is 1. The standard InChI is InChI=1S/C19H28ClN3O/c1-15(2)23-14-16(7-8-19(23)24)13-21-9-11-22(12-10-21)18-6-4-3-5-17(18)20/h3-6,15-16H,7-14H2,1-2H3. The van der Waals surface area contributed by atoms with E-state index in [9.17, 15) is 4.79 Å². The van der Waals surface area contributed by atoms with Gasteiger partial charge in [0.2, 0.25) is 5.91 Å². The molecule has 1 amide bonds. The maximum atomic E-state index is 12.0. The zero-order valence-corrected chi connectivity index (χ0v) is 15.5. The number of para-hydroxylation sites is 1. The zero-order valence-electron chi connectivity index (χ0n) is 14.7. The van der Waals surface area contributed by atoms with Gasteiger partial charge in [-0.05, 0) is 38.3 Å². The summed E-state index contributed by atoms with van der Waals surface area (Å²) in [5.41, 5.74) is 1.15. The molecule has 2 aliphatic heterocycles. The van der Waals surface area contributed by atoms with Crippen molar-refractivity contribution in [3.8, 4) is 0 Å². The van der Waals surface area contributed by atoms with Crippen LogP contribution in [0.15, 0.2) is 24.3 Å². The van der Waals surface area contributed by atoms with Crippen LogP contribution < -0.4 is 4.90 Å². The van der Waals surface area contributed by atoms with E-state index < -0.39 is 0 Å². The Morgan fingerprint density at radius 2 is 1.88 bits per heavy atom. The molecule has 1 aromatic carbocycles. The lowest BCUT2D eigenvalue weighted by atomic mass is 9.95. The van der Waals surface area contributed by atoms with Crippen LogP contribution in [-0.4, -0.2) is 61.0 Å². The fourth-order valence-electron chi connectivity index (χ4n) is 3.83. The van der Waals surface area contributed by atoms with Crippen LogP contribution in [0.3, 0.4) is 0 Å². The van der Waals surface area contributed by atoms with Gasteiger partial charge in [-0.15, -0.1) is 0 Å². The van der Waals surface area contributed by atoms with E-state index in [2.05, 4.69) is 29.7 Å². The van der Waals surface area contributed by atoms with Gasteiger partial charge in [0.15, 0.2) is 0 Å². The summed E-state index contributed by atoms with van der Waals surface area (Å²) < 4.78 is 0. The molecule has 1 aromatic rings. The maximum absolute atomic E-state index is 12.0. The maximum Gasteiger partial charge on any atom is 0.222 e. The van der Waals surface area contributed by atoms with Crippen molar-refractivity contribution < 1.29 is 4.79 Å². The Hall–Kier alpha value is -1.26. The van der Waals surface area contributed by atoms with Crippen molar-refractivity contribution in [2.45, 2.75) is 32.7 Å². The molecule has 0 N–H and O–H groups in total. The Morgan fingerprint density at radius 1 is 1.17 bits per heavy atom. The van der Waals surface area contributed by atoms with Gasteiger partial charge in [-0.25, -0.2) is 0 Å². The minimum absolute atomic E-state index is 0.317. The van der Waals surface area contributed by atoms with E-state index in [4.69, 9.17) is 11.6 Å². The SMILES string of the molecule is CC(C)N1CC(CN2CCN(c3ccccc3Cl)CC2)CCC1=O. The summed E-state index contributed by atoms with van der Waals surface area (Å²) in [5.74, 6) is 0.932. The van der Waals surface area contributed by atoms with Crippen molar-refractivity contribution in [2.24, 2.45) is 5.92 Å². The van der Waals surface area contributed by atoms with Crippen LogP contribution in [0.1, 0.15) is 26.7 Å². The van der Waals surface area contributed by atoms with E-state index in [1.807, 2.05) is 23.1 Å². The first-order valence-corrected chi connectivity index (χ1v) is 9.43. The van der Waals surface area contributed by atoms with Gasteiger partial charge in [-0.2, -0.15) is 0 Å². The number of hydrogen-bond acceptors (Lipinski definition) is 3. The van der Waals surface area contributed by atoms with Crippen LogP contribution in [-0.2, 0) is 4.79 Å². The lowest BCUT2D eigenvalue weighted by Gasteiger charge is -2.41. The Balaban J connectivity index is 1.51. The monoisotopic (exact) mass is 349 g/mol. The number of piperazine rings is 1. The Bertz CT molecular complexity index is 569. The highest BCUT2D eigenvalue weighted by Crippen LogP contribution is 2.27. The number of rotatable bonds is 4. The Kier molecular flexibility index (Phi) is 5.67. The molecule has 0 aromatic heterocycles. The molecule has 0 radical (unpaired) electrons. The molecule has 2 heterocycles. The first kappa shape index (κ1) is 17.6. The lowest BCUT2D eigenvalue weighted by Crippen LogP contribution is -2.51. The second-order valence-electron chi connectivity index (χ2n) is 7.28. The molecule has 2 saturated heterocycles. The minimum Gasteiger partial charge on any atom is -0.368 e. The van der Waals surface area contributed by atoms with Gasteiger partial charge in [0.05, 0.1) is 10.7 Å². The quantitative estimate of drug-likeness (QED) is 0.835. The number of amides is 1. The van der Waals surface area contributed by atoms with E-state index in [1.165, 1.54) is 0 Å². The van der Waals surface area contributed by atoms with E-state index in [0.717, 1.165) is 56.4 Å². The number of benzene rings is 1. The molecule has 0 bridgehead atoms. The van der Waals surface area contributed by atoms with Gasteiger partial charge >= 0.3 is 0 Å². The smallest absolute Gasteiger partial charge is 0.222 e. The molecule has 0 aliphatic carbocycles. The fraction of sp³-hybridized carbons (Fsp3) is 0.632. The summed E-state index contributed by atoms with van der Waals surface area (Å²) in [6.07, 6.45) is 1.75. The number of piperidine rings is 1. The summed E-state index contributed by atoms with van der Waals surface area (Å²) in [6.45, 7) is 10.4. The Morgan fingerprint density at radius 3 is 2.54 bits per heavy atom. The van der Waals surface area contributed by atoms with Crippen LogP contribution >= 0.6 is 11.6 Å². The van der Waals surface area contributed by atoms with E-state index >= 15 is 0 Å². The molecule has 0 saturated carbocycles. The molecule has 5 heteroatoms. The number of nitrogens with zero attached hydrogens (tertiary/aromatic N) is 3. The molecular formula is C19H28ClN3O. The Labute approximate surface area is 150 Å². The van der Waals surface area contributed by atoms with Gasteiger partial charge in [0.1, 0.15) is 0 Å². The average Bonchev–Trinajstić information content (AvgIpc) is 2.58. The molecular weight excluding hydrogens is 322 g/mol. The van der Waals surface area contributed by atoms with Crippen LogP contribution in [0.2, 0.25) is 5.02 Å². The zero-order chi connectivity index (χ0) is 17.1. The number of carbonyl (C=O) groups excluding carboxylic acids is 1. The molecule has 3 rings (SSSR count).